The van der Waals surface area contributed by atoms with Crippen molar-refractivity contribution in [3.8, 4) is 0 Å². The van der Waals surface area contributed by atoms with Crippen LogP contribution >= 0.6 is 0 Å². The van der Waals surface area contributed by atoms with Gasteiger partial charge < -0.3 is 14.6 Å². The van der Waals surface area contributed by atoms with Gasteiger partial charge in [0.15, 0.2) is 0 Å². The molecule has 110 valence electrons. The average molecular weight is 287 g/mol. The van der Waals surface area contributed by atoms with Crippen molar-refractivity contribution < 1.29 is 14.7 Å². The van der Waals surface area contributed by atoms with Crippen LogP contribution in [-0.4, -0.2) is 44.5 Å². The molecule has 1 atom stereocenters. The molecule has 1 aromatic carbocycles. The number of hydrogen-bond acceptors (Lipinski definition) is 3. The summed E-state index contributed by atoms with van der Waals surface area (Å²) in [5, 5.41) is 9.10. The molecule has 0 saturated carbocycles. The fourth-order valence-electron chi connectivity index (χ4n) is 2.81. The molecule has 1 N–H and O–H groups in total. The molecular weight excluding hydrogens is 270 g/mol. The maximum atomic E-state index is 12.5. The topological polar surface area (TPSA) is 75.4 Å². The number of piperidine rings is 1. The second kappa shape index (κ2) is 5.20. The third-order valence-corrected chi connectivity index (χ3v) is 4.03. The predicted molar refractivity (Wildman–Crippen MR) is 77.0 cm³/mol. The zero-order valence-corrected chi connectivity index (χ0v) is 11.8. The first-order valence-corrected chi connectivity index (χ1v) is 6.99. The Balaban J connectivity index is 1.84. The Kier molecular flexibility index (Phi) is 3.37. The number of likely N-dealkylation sites (tertiary alicyclic amines) is 1. The van der Waals surface area contributed by atoms with Crippen molar-refractivity contribution in [3.05, 3.63) is 30.1 Å². The number of carboxylic acids is 1. The highest BCUT2D eigenvalue weighted by Crippen LogP contribution is 2.20. The van der Waals surface area contributed by atoms with E-state index in [9.17, 15) is 9.59 Å². The van der Waals surface area contributed by atoms with Gasteiger partial charge in [0, 0.05) is 25.7 Å². The minimum atomic E-state index is -0.826. The quantitative estimate of drug-likeness (QED) is 0.908. The molecule has 3 rings (SSSR count). The molecule has 6 nitrogen and oxygen atoms in total. The standard InChI is InChI=1S/C15H17N3O3/c1-17-9-16-12-7-10(4-5-13(12)17)14(19)18-6-2-3-11(8-18)15(20)21/h4-5,7,9,11H,2-3,6,8H2,1H3,(H,20,21)/t11-/m0/s1. The predicted octanol–water partition coefficient (Wildman–Crippen LogP) is 1.51. The average Bonchev–Trinajstić information content (AvgIpc) is 2.87. The van der Waals surface area contributed by atoms with E-state index in [0.717, 1.165) is 17.5 Å². The summed E-state index contributed by atoms with van der Waals surface area (Å²) in [6.45, 7) is 0.900. The van der Waals surface area contributed by atoms with Crippen LogP contribution in [0.25, 0.3) is 11.0 Å². The van der Waals surface area contributed by atoms with Gasteiger partial charge in [-0.15, -0.1) is 0 Å². The first-order chi connectivity index (χ1) is 10.1. The van der Waals surface area contributed by atoms with Gasteiger partial charge in [-0.2, -0.15) is 0 Å². The van der Waals surface area contributed by atoms with Crippen molar-refractivity contribution in [2.24, 2.45) is 13.0 Å². The van der Waals surface area contributed by atoms with Gasteiger partial charge in [0.1, 0.15) is 0 Å². The molecule has 1 amide bonds. The first kappa shape index (κ1) is 13.6. The maximum Gasteiger partial charge on any atom is 0.308 e. The Morgan fingerprint density at radius 3 is 2.95 bits per heavy atom. The van der Waals surface area contributed by atoms with Crippen molar-refractivity contribution in [3.63, 3.8) is 0 Å². The van der Waals surface area contributed by atoms with Crippen LogP contribution in [0, 0.1) is 5.92 Å². The molecule has 0 unspecified atom stereocenters. The molecule has 0 spiro atoms. The van der Waals surface area contributed by atoms with Crippen LogP contribution in [0.2, 0.25) is 0 Å². The van der Waals surface area contributed by atoms with E-state index in [0.29, 0.717) is 18.5 Å². The van der Waals surface area contributed by atoms with Crippen LogP contribution in [0.5, 0.6) is 0 Å². The monoisotopic (exact) mass is 287 g/mol. The molecule has 21 heavy (non-hydrogen) atoms. The van der Waals surface area contributed by atoms with Crippen molar-refractivity contribution in [2.45, 2.75) is 12.8 Å². The maximum absolute atomic E-state index is 12.5. The first-order valence-electron chi connectivity index (χ1n) is 6.99. The summed E-state index contributed by atoms with van der Waals surface area (Å²) in [6, 6.07) is 5.41. The van der Waals surface area contributed by atoms with Crippen LogP contribution in [0.4, 0.5) is 0 Å². The Hall–Kier alpha value is -2.37. The molecule has 1 saturated heterocycles. The summed E-state index contributed by atoms with van der Waals surface area (Å²) >= 11 is 0. The number of imidazole rings is 1. The minimum Gasteiger partial charge on any atom is -0.481 e. The second-order valence-electron chi connectivity index (χ2n) is 5.49. The number of aryl methyl sites for hydroxylation is 1. The van der Waals surface area contributed by atoms with Crippen molar-refractivity contribution in [2.75, 3.05) is 13.1 Å². The molecule has 2 heterocycles. The lowest BCUT2D eigenvalue weighted by atomic mass is 9.97. The normalized spacial score (nSPS) is 18.9. The number of benzene rings is 1. The molecule has 0 aliphatic carbocycles. The Morgan fingerprint density at radius 1 is 1.38 bits per heavy atom. The Labute approximate surface area is 122 Å². The molecule has 1 aromatic heterocycles. The lowest BCUT2D eigenvalue weighted by Gasteiger charge is -2.30. The number of fused-ring (bicyclic) bond motifs is 1. The number of nitrogens with zero attached hydrogens (tertiary/aromatic N) is 3. The lowest BCUT2D eigenvalue weighted by Crippen LogP contribution is -2.42. The van der Waals surface area contributed by atoms with Crippen LogP contribution in [0.15, 0.2) is 24.5 Å². The summed E-state index contributed by atoms with van der Waals surface area (Å²) in [4.78, 5) is 29.5. The van der Waals surface area contributed by atoms with Gasteiger partial charge in [0.05, 0.1) is 23.3 Å². The number of carbonyl (C=O) groups is 2. The van der Waals surface area contributed by atoms with E-state index in [1.807, 2.05) is 17.7 Å². The molecule has 1 fully saturated rings. The van der Waals surface area contributed by atoms with Gasteiger partial charge in [0.2, 0.25) is 0 Å². The number of aliphatic carboxylic acids is 1. The van der Waals surface area contributed by atoms with E-state index in [1.54, 1.807) is 23.4 Å². The van der Waals surface area contributed by atoms with Gasteiger partial charge >= 0.3 is 5.97 Å². The smallest absolute Gasteiger partial charge is 0.308 e. The van der Waals surface area contributed by atoms with Crippen molar-refractivity contribution in [1.29, 1.82) is 0 Å². The van der Waals surface area contributed by atoms with Crippen LogP contribution in [0.3, 0.4) is 0 Å². The number of carbonyl (C=O) groups excluding carboxylic acids is 1. The molecule has 2 aromatic rings. The molecule has 6 heteroatoms. The lowest BCUT2D eigenvalue weighted by molar-refractivity contribution is -0.143. The molecule has 1 aliphatic rings. The number of amides is 1. The minimum absolute atomic E-state index is 0.117. The largest absolute Gasteiger partial charge is 0.481 e. The van der Waals surface area contributed by atoms with Crippen LogP contribution < -0.4 is 0 Å². The van der Waals surface area contributed by atoms with E-state index in [1.165, 1.54) is 0 Å². The number of carboxylic acid groups (broad SMARTS) is 1. The summed E-state index contributed by atoms with van der Waals surface area (Å²) in [6.07, 6.45) is 3.08. The molecular formula is C15H17N3O3. The number of aromatic nitrogens is 2. The summed E-state index contributed by atoms with van der Waals surface area (Å²) in [5.74, 6) is -1.40. The fourth-order valence-corrected chi connectivity index (χ4v) is 2.81. The second-order valence-corrected chi connectivity index (χ2v) is 5.49. The summed E-state index contributed by atoms with van der Waals surface area (Å²) in [5.41, 5.74) is 2.30. The van der Waals surface area contributed by atoms with Crippen molar-refractivity contribution in [1.82, 2.24) is 14.5 Å². The van der Waals surface area contributed by atoms with Crippen molar-refractivity contribution >= 4 is 22.9 Å². The Morgan fingerprint density at radius 2 is 2.19 bits per heavy atom. The zero-order valence-electron chi connectivity index (χ0n) is 11.8. The van der Waals surface area contributed by atoms with Gasteiger partial charge in [-0.05, 0) is 31.0 Å². The van der Waals surface area contributed by atoms with E-state index < -0.39 is 11.9 Å². The van der Waals surface area contributed by atoms with E-state index in [4.69, 9.17) is 5.11 Å². The van der Waals surface area contributed by atoms with Crippen LogP contribution in [0.1, 0.15) is 23.2 Å². The highest BCUT2D eigenvalue weighted by atomic mass is 16.4. The molecule has 0 radical (unpaired) electrons. The van der Waals surface area contributed by atoms with Gasteiger partial charge in [-0.1, -0.05) is 0 Å². The SMILES string of the molecule is Cn1cnc2cc(C(=O)N3CCC[C@H](C(=O)O)C3)ccc21. The third-order valence-electron chi connectivity index (χ3n) is 4.03. The highest BCUT2D eigenvalue weighted by molar-refractivity contribution is 5.97. The van der Waals surface area contributed by atoms with E-state index >= 15 is 0 Å². The van der Waals surface area contributed by atoms with E-state index in [-0.39, 0.29) is 12.5 Å². The number of hydrogen-bond donors (Lipinski definition) is 1. The van der Waals surface area contributed by atoms with Gasteiger partial charge in [-0.3, -0.25) is 9.59 Å². The summed E-state index contributed by atoms with van der Waals surface area (Å²) in [7, 11) is 1.90. The van der Waals surface area contributed by atoms with E-state index in [2.05, 4.69) is 4.98 Å². The van der Waals surface area contributed by atoms with Gasteiger partial charge in [-0.25, -0.2) is 4.98 Å². The Bertz CT molecular complexity index is 707. The third kappa shape index (κ3) is 2.49. The zero-order chi connectivity index (χ0) is 15.0. The summed E-state index contributed by atoms with van der Waals surface area (Å²) < 4.78 is 1.89. The van der Waals surface area contributed by atoms with Crippen LogP contribution in [-0.2, 0) is 11.8 Å². The highest BCUT2D eigenvalue weighted by Gasteiger charge is 2.28. The fraction of sp³-hybridized carbons (Fsp3) is 0.400. The molecule has 1 aliphatic heterocycles. The molecule has 0 bridgehead atoms. The van der Waals surface area contributed by atoms with Gasteiger partial charge in [0.25, 0.3) is 5.91 Å². The number of rotatable bonds is 2.